The van der Waals surface area contributed by atoms with Crippen LogP contribution in [0.1, 0.15) is 25.0 Å². The molecule has 2 N–H and O–H groups in total. The van der Waals surface area contributed by atoms with Gasteiger partial charge in [-0.15, -0.1) is 0 Å². The number of rotatable bonds is 1. The topological polar surface area (TPSA) is 64.9 Å². The van der Waals surface area contributed by atoms with E-state index in [-0.39, 0.29) is 5.91 Å². The fraction of sp³-hybridized carbons (Fsp3) is 0.231. The molecule has 17 heavy (non-hydrogen) atoms. The second-order valence-corrected chi connectivity index (χ2v) is 4.46. The maximum Gasteiger partial charge on any atom is 0.249 e. The van der Waals surface area contributed by atoms with Crippen molar-refractivity contribution in [2.45, 2.75) is 13.8 Å². The number of nitriles is 1. The van der Waals surface area contributed by atoms with E-state index in [1.54, 1.807) is 6.07 Å². The van der Waals surface area contributed by atoms with Gasteiger partial charge >= 0.3 is 0 Å². The third-order valence-electron chi connectivity index (χ3n) is 2.93. The average Bonchev–Trinajstić information content (AvgIpc) is 2.57. The van der Waals surface area contributed by atoms with E-state index >= 15 is 0 Å². The summed E-state index contributed by atoms with van der Waals surface area (Å²) in [5.74, 6) is -0.0711. The summed E-state index contributed by atoms with van der Waals surface area (Å²) in [5, 5.41) is 8.99. The lowest BCUT2D eigenvalue weighted by Gasteiger charge is -2.14. The molecule has 4 heteroatoms. The molecule has 0 aromatic heterocycles. The molecule has 1 aromatic carbocycles. The molecule has 1 aromatic rings. The van der Waals surface area contributed by atoms with Crippen LogP contribution in [-0.2, 0) is 4.79 Å². The Morgan fingerprint density at radius 3 is 2.59 bits per heavy atom. The van der Waals surface area contributed by atoms with Gasteiger partial charge in [0, 0.05) is 5.70 Å². The number of nitrogens with zero attached hydrogens (tertiary/aromatic N) is 1. The Balaban J connectivity index is 2.45. The molecule has 1 amide bonds. The van der Waals surface area contributed by atoms with E-state index in [1.807, 2.05) is 38.1 Å². The molecule has 1 saturated heterocycles. The van der Waals surface area contributed by atoms with E-state index in [0.29, 0.717) is 5.56 Å². The molecule has 1 heterocycles. The van der Waals surface area contributed by atoms with Gasteiger partial charge in [0.05, 0.1) is 17.0 Å². The van der Waals surface area contributed by atoms with Gasteiger partial charge in [0.25, 0.3) is 0 Å². The van der Waals surface area contributed by atoms with Crippen molar-refractivity contribution in [3.63, 3.8) is 0 Å². The van der Waals surface area contributed by atoms with Crippen LogP contribution in [0.4, 0.5) is 0 Å². The zero-order valence-corrected chi connectivity index (χ0v) is 9.74. The largest absolute Gasteiger partial charge is 0.302 e. The van der Waals surface area contributed by atoms with Gasteiger partial charge in [-0.25, -0.2) is 0 Å². The number of amides is 1. The van der Waals surface area contributed by atoms with Gasteiger partial charge in [0.2, 0.25) is 5.91 Å². The minimum atomic E-state index is -0.595. The second kappa shape index (κ2) is 3.95. The molecule has 86 valence electrons. The Hall–Kier alpha value is -2.28. The molecule has 0 atom stereocenters. The van der Waals surface area contributed by atoms with Crippen LogP contribution >= 0.6 is 0 Å². The highest BCUT2D eigenvalue weighted by atomic mass is 16.2. The zero-order valence-electron chi connectivity index (χ0n) is 9.74. The van der Waals surface area contributed by atoms with Gasteiger partial charge < -0.3 is 5.43 Å². The first-order chi connectivity index (χ1) is 8.05. The minimum Gasteiger partial charge on any atom is -0.302 e. The van der Waals surface area contributed by atoms with E-state index < -0.39 is 5.41 Å². The smallest absolute Gasteiger partial charge is 0.249 e. The highest BCUT2D eigenvalue weighted by Crippen LogP contribution is 2.29. The fourth-order valence-electron chi connectivity index (χ4n) is 1.66. The monoisotopic (exact) mass is 227 g/mol. The number of hydrogen-bond donors (Lipinski definition) is 2. The summed E-state index contributed by atoms with van der Waals surface area (Å²) < 4.78 is 0. The third kappa shape index (κ3) is 1.87. The highest BCUT2D eigenvalue weighted by molar-refractivity contribution is 5.89. The summed E-state index contributed by atoms with van der Waals surface area (Å²) in [6.45, 7) is 3.67. The molecule has 4 nitrogen and oxygen atoms in total. The lowest BCUT2D eigenvalue weighted by Crippen LogP contribution is -2.28. The number of benzene rings is 1. The van der Waals surface area contributed by atoms with E-state index in [0.717, 1.165) is 11.3 Å². The van der Waals surface area contributed by atoms with Crippen LogP contribution in [0.25, 0.3) is 6.08 Å². The number of nitrogens with one attached hydrogen (secondary N) is 2. The lowest BCUT2D eigenvalue weighted by atomic mass is 9.88. The third-order valence-corrected chi connectivity index (χ3v) is 2.93. The number of hydrazine groups is 1. The second-order valence-electron chi connectivity index (χ2n) is 4.46. The molecule has 0 saturated carbocycles. The molecule has 1 aliphatic rings. The van der Waals surface area contributed by atoms with Crippen molar-refractivity contribution in [1.82, 2.24) is 10.9 Å². The van der Waals surface area contributed by atoms with Gasteiger partial charge in [0.15, 0.2) is 0 Å². The van der Waals surface area contributed by atoms with E-state index in [9.17, 15) is 4.79 Å². The molecule has 0 bridgehead atoms. The fourth-order valence-corrected chi connectivity index (χ4v) is 1.66. The van der Waals surface area contributed by atoms with E-state index in [4.69, 9.17) is 5.26 Å². The summed E-state index contributed by atoms with van der Waals surface area (Å²) in [5.41, 5.74) is 7.00. The Morgan fingerprint density at radius 2 is 2.00 bits per heavy atom. The molecule has 2 rings (SSSR count). The Labute approximate surface area is 99.9 Å². The predicted octanol–water partition coefficient (Wildman–Crippen LogP) is 1.56. The van der Waals surface area contributed by atoms with Crippen molar-refractivity contribution in [3.05, 3.63) is 41.1 Å². The molecule has 1 aliphatic heterocycles. The SMILES string of the molecule is CC1(C)C(=O)NN/C1=C\c1ccccc1C#N. The van der Waals surface area contributed by atoms with Crippen molar-refractivity contribution in [2.75, 3.05) is 0 Å². The average molecular weight is 227 g/mol. The van der Waals surface area contributed by atoms with Gasteiger partial charge in [-0.05, 0) is 31.6 Å². The van der Waals surface area contributed by atoms with Crippen LogP contribution in [0, 0.1) is 16.7 Å². The highest BCUT2D eigenvalue weighted by Gasteiger charge is 2.37. The van der Waals surface area contributed by atoms with Crippen LogP contribution in [0.5, 0.6) is 0 Å². The zero-order chi connectivity index (χ0) is 12.5. The molecule has 1 fully saturated rings. The Bertz CT molecular complexity index is 538. The molecular formula is C13H13N3O. The first kappa shape index (κ1) is 11.2. The van der Waals surface area contributed by atoms with Crippen molar-refractivity contribution < 1.29 is 4.79 Å². The van der Waals surface area contributed by atoms with Gasteiger partial charge in [0.1, 0.15) is 0 Å². The molecule has 0 spiro atoms. The van der Waals surface area contributed by atoms with Crippen LogP contribution in [-0.4, -0.2) is 5.91 Å². The summed E-state index contributed by atoms with van der Waals surface area (Å²) in [4.78, 5) is 11.6. The minimum absolute atomic E-state index is 0.0711. The summed E-state index contributed by atoms with van der Waals surface area (Å²) in [6, 6.07) is 9.42. The normalized spacial score (nSPS) is 19.6. The van der Waals surface area contributed by atoms with Crippen molar-refractivity contribution in [3.8, 4) is 6.07 Å². The summed E-state index contributed by atoms with van der Waals surface area (Å²) in [7, 11) is 0. The summed E-state index contributed by atoms with van der Waals surface area (Å²) >= 11 is 0. The van der Waals surface area contributed by atoms with Crippen LogP contribution in [0.3, 0.4) is 0 Å². The Morgan fingerprint density at radius 1 is 1.29 bits per heavy atom. The lowest BCUT2D eigenvalue weighted by molar-refractivity contribution is -0.125. The molecule has 0 unspecified atom stereocenters. The quantitative estimate of drug-likeness (QED) is 0.765. The summed E-state index contributed by atoms with van der Waals surface area (Å²) in [6.07, 6.45) is 1.83. The van der Waals surface area contributed by atoms with Crippen molar-refractivity contribution in [2.24, 2.45) is 5.41 Å². The van der Waals surface area contributed by atoms with Crippen LogP contribution in [0.15, 0.2) is 30.0 Å². The van der Waals surface area contributed by atoms with E-state index in [2.05, 4.69) is 16.9 Å². The van der Waals surface area contributed by atoms with Crippen molar-refractivity contribution >= 4 is 12.0 Å². The molecular weight excluding hydrogens is 214 g/mol. The van der Waals surface area contributed by atoms with Gasteiger partial charge in [-0.1, -0.05) is 18.2 Å². The Kier molecular flexibility index (Phi) is 2.60. The van der Waals surface area contributed by atoms with Gasteiger partial charge in [-0.3, -0.25) is 10.2 Å². The van der Waals surface area contributed by atoms with Crippen LogP contribution < -0.4 is 10.9 Å². The predicted molar refractivity (Wildman–Crippen MR) is 64.2 cm³/mol. The maximum absolute atomic E-state index is 11.6. The number of carbonyl (C=O) groups excluding carboxylic acids is 1. The number of carbonyl (C=O) groups is 1. The first-order valence-corrected chi connectivity index (χ1v) is 5.33. The van der Waals surface area contributed by atoms with E-state index in [1.165, 1.54) is 0 Å². The standard InChI is InChI=1S/C13H13N3O/c1-13(2)11(15-16-12(13)17)7-9-5-3-4-6-10(9)8-14/h3-7,15H,1-2H3,(H,16,17)/b11-7-. The molecule has 0 aliphatic carbocycles. The van der Waals surface area contributed by atoms with Crippen LogP contribution in [0.2, 0.25) is 0 Å². The van der Waals surface area contributed by atoms with Crippen molar-refractivity contribution in [1.29, 1.82) is 5.26 Å². The number of hydrogen-bond acceptors (Lipinski definition) is 3. The maximum atomic E-state index is 11.6. The first-order valence-electron chi connectivity index (χ1n) is 5.33. The molecule has 0 radical (unpaired) electrons. The van der Waals surface area contributed by atoms with Gasteiger partial charge in [-0.2, -0.15) is 5.26 Å².